The summed E-state index contributed by atoms with van der Waals surface area (Å²) in [5.41, 5.74) is 3.68. The van der Waals surface area contributed by atoms with Gasteiger partial charge in [0, 0.05) is 46.9 Å². The molecule has 8 heteroatoms. The van der Waals surface area contributed by atoms with Crippen LogP contribution in [0, 0.1) is 25.2 Å². The molecule has 0 spiro atoms. The van der Waals surface area contributed by atoms with Gasteiger partial charge in [0.25, 0.3) is 11.5 Å². The third-order valence-corrected chi connectivity index (χ3v) is 8.83. The van der Waals surface area contributed by atoms with Crippen LogP contribution in [0.15, 0.2) is 35.1 Å². The monoisotopic (exact) mass is 520 g/mol. The van der Waals surface area contributed by atoms with Gasteiger partial charge in [-0.2, -0.15) is 0 Å². The van der Waals surface area contributed by atoms with Gasteiger partial charge < -0.3 is 29.6 Å². The first-order valence-electron chi connectivity index (χ1n) is 13.7. The Labute approximate surface area is 224 Å². The Morgan fingerprint density at radius 3 is 2.61 bits per heavy atom. The molecule has 1 saturated carbocycles. The number of ether oxygens (including phenoxy) is 1. The van der Waals surface area contributed by atoms with Crippen molar-refractivity contribution in [3.63, 3.8) is 0 Å². The maximum Gasteiger partial charge on any atom is 0.256 e. The lowest BCUT2D eigenvalue weighted by atomic mass is 9.89. The number of aromatic amines is 1. The van der Waals surface area contributed by atoms with Crippen LogP contribution in [0.2, 0.25) is 0 Å². The number of amides is 1. The fourth-order valence-electron chi connectivity index (χ4n) is 6.32. The Morgan fingerprint density at radius 2 is 1.95 bits per heavy atom. The van der Waals surface area contributed by atoms with Crippen molar-refractivity contribution in [2.45, 2.75) is 59.0 Å². The van der Waals surface area contributed by atoms with Gasteiger partial charge in [-0.05, 0) is 77.6 Å². The van der Waals surface area contributed by atoms with Crippen LogP contribution in [0.3, 0.4) is 0 Å². The molecule has 8 nitrogen and oxygen atoms in total. The number of hydrogen-bond acceptors (Lipinski definition) is 5. The van der Waals surface area contributed by atoms with Crippen LogP contribution in [-0.4, -0.2) is 58.8 Å². The Balaban J connectivity index is 1.35. The number of fused-ring (bicyclic) bond motifs is 1. The molecule has 1 aromatic carbocycles. The lowest BCUT2D eigenvalue weighted by molar-refractivity contribution is 0.0949. The second kappa shape index (κ2) is 10.6. The van der Waals surface area contributed by atoms with E-state index in [0.717, 1.165) is 61.9 Å². The van der Waals surface area contributed by atoms with Gasteiger partial charge >= 0.3 is 0 Å². The molecule has 1 amide bonds. The molecular formula is C30H40N4O4. The van der Waals surface area contributed by atoms with Gasteiger partial charge in [0.15, 0.2) is 0 Å². The quantitative estimate of drug-likeness (QED) is 0.397. The zero-order valence-corrected chi connectivity index (χ0v) is 23.0. The number of carbonyl (C=O) groups excluding carboxylic acids is 1. The molecule has 1 aliphatic heterocycles. The summed E-state index contributed by atoms with van der Waals surface area (Å²) in [5, 5.41) is 13.6. The molecule has 38 heavy (non-hydrogen) atoms. The van der Waals surface area contributed by atoms with E-state index in [1.807, 2.05) is 25.1 Å². The number of aliphatic hydroxyl groups is 1. The fraction of sp³-hybridized carbons (Fsp3) is 0.533. The summed E-state index contributed by atoms with van der Waals surface area (Å²) in [7, 11) is 1.53. The van der Waals surface area contributed by atoms with E-state index in [1.165, 1.54) is 7.11 Å². The predicted octanol–water partition coefficient (Wildman–Crippen LogP) is 3.93. The summed E-state index contributed by atoms with van der Waals surface area (Å²) in [6, 6.07) is 10.1. The molecule has 3 aromatic rings. The summed E-state index contributed by atoms with van der Waals surface area (Å²) in [5.74, 6) is 0.786. The number of H-pyrrole nitrogens is 1. The van der Waals surface area contributed by atoms with E-state index in [4.69, 9.17) is 4.74 Å². The zero-order chi connectivity index (χ0) is 27.0. The molecule has 3 heterocycles. The molecule has 2 aromatic heterocycles. The molecule has 2 aliphatic rings. The average molecular weight is 521 g/mol. The standard InChI is InChI=1S/C30H40N4O4/c1-19-15-26(38-4)24(28(36)32-19)16-31-29(37)27-21(3)34(25-8-6-5-7-23(25)27)20(2)22-9-13-33(14-10-22)17-30(18-35)11-12-30/h5-8,15,20,22,35H,9-14,16-18H2,1-4H3,(H,31,37)(H,32,36). The van der Waals surface area contributed by atoms with E-state index in [-0.39, 0.29) is 29.5 Å². The van der Waals surface area contributed by atoms with Crippen molar-refractivity contribution in [2.24, 2.45) is 11.3 Å². The predicted molar refractivity (Wildman–Crippen MR) is 149 cm³/mol. The lowest BCUT2D eigenvalue weighted by Crippen LogP contribution is -2.40. The highest BCUT2D eigenvalue weighted by Gasteiger charge is 2.43. The van der Waals surface area contributed by atoms with E-state index >= 15 is 0 Å². The van der Waals surface area contributed by atoms with Crippen molar-refractivity contribution in [2.75, 3.05) is 33.4 Å². The van der Waals surface area contributed by atoms with Crippen molar-refractivity contribution < 1.29 is 14.6 Å². The third-order valence-electron chi connectivity index (χ3n) is 8.83. The van der Waals surface area contributed by atoms with Crippen LogP contribution in [0.25, 0.3) is 10.9 Å². The van der Waals surface area contributed by atoms with Crippen LogP contribution < -0.4 is 15.6 Å². The van der Waals surface area contributed by atoms with Crippen molar-refractivity contribution in [1.82, 2.24) is 19.8 Å². The number of piperidine rings is 1. The summed E-state index contributed by atoms with van der Waals surface area (Å²) in [6.45, 7) is 9.59. The van der Waals surface area contributed by atoms with E-state index < -0.39 is 0 Å². The number of aliphatic hydroxyl groups excluding tert-OH is 1. The Morgan fingerprint density at radius 1 is 1.24 bits per heavy atom. The van der Waals surface area contributed by atoms with Gasteiger partial charge in [0.1, 0.15) is 5.75 Å². The first kappa shape index (κ1) is 26.5. The molecule has 5 rings (SSSR count). The molecule has 2 fully saturated rings. The maximum absolute atomic E-state index is 13.5. The van der Waals surface area contributed by atoms with Crippen LogP contribution in [-0.2, 0) is 6.54 Å². The summed E-state index contributed by atoms with van der Waals surface area (Å²) in [4.78, 5) is 31.4. The molecule has 1 saturated heterocycles. The Bertz CT molecular complexity index is 1380. The van der Waals surface area contributed by atoms with Crippen molar-refractivity contribution in [3.05, 3.63) is 63.2 Å². The number of para-hydroxylation sites is 1. The summed E-state index contributed by atoms with van der Waals surface area (Å²) >= 11 is 0. The third kappa shape index (κ3) is 4.99. The minimum Gasteiger partial charge on any atom is -0.496 e. The largest absolute Gasteiger partial charge is 0.496 e. The highest BCUT2D eigenvalue weighted by atomic mass is 16.5. The van der Waals surface area contributed by atoms with Gasteiger partial charge in [-0.3, -0.25) is 9.59 Å². The lowest BCUT2D eigenvalue weighted by Gasteiger charge is -2.37. The molecule has 3 N–H and O–H groups in total. The normalized spacial score (nSPS) is 18.4. The number of aromatic nitrogens is 2. The van der Waals surface area contributed by atoms with Crippen LogP contribution in [0.5, 0.6) is 5.75 Å². The van der Waals surface area contributed by atoms with Gasteiger partial charge in [-0.1, -0.05) is 18.2 Å². The number of rotatable bonds is 9. The molecular weight excluding hydrogens is 480 g/mol. The molecule has 1 aliphatic carbocycles. The van der Waals surface area contributed by atoms with Crippen LogP contribution >= 0.6 is 0 Å². The number of nitrogens with zero attached hydrogens (tertiary/aromatic N) is 2. The second-order valence-electron chi connectivity index (χ2n) is 11.4. The molecule has 1 atom stereocenters. The maximum atomic E-state index is 13.5. The highest BCUT2D eigenvalue weighted by molar-refractivity contribution is 6.08. The second-order valence-corrected chi connectivity index (χ2v) is 11.4. The number of aryl methyl sites for hydroxylation is 1. The highest BCUT2D eigenvalue weighted by Crippen LogP contribution is 2.46. The number of hydrogen-bond donors (Lipinski definition) is 3. The minimum absolute atomic E-state index is 0.0832. The van der Waals surface area contributed by atoms with Crippen molar-refractivity contribution in [3.8, 4) is 5.75 Å². The SMILES string of the molecule is COc1cc(C)[nH]c(=O)c1CNC(=O)c1c(C)n(C(C)C2CCN(CC3(CO)CC3)CC2)c2ccccc12. The van der Waals surface area contributed by atoms with E-state index in [1.54, 1.807) is 13.0 Å². The van der Waals surface area contributed by atoms with E-state index in [2.05, 4.69) is 32.8 Å². The topological polar surface area (TPSA) is 99.6 Å². The van der Waals surface area contributed by atoms with Gasteiger partial charge in [-0.25, -0.2) is 0 Å². The van der Waals surface area contributed by atoms with Crippen molar-refractivity contribution >= 4 is 16.8 Å². The number of nitrogens with one attached hydrogen (secondary N) is 2. The number of methoxy groups -OCH3 is 1. The summed E-state index contributed by atoms with van der Waals surface area (Å²) in [6.07, 6.45) is 4.49. The molecule has 0 bridgehead atoms. The fourth-order valence-corrected chi connectivity index (χ4v) is 6.32. The summed E-state index contributed by atoms with van der Waals surface area (Å²) < 4.78 is 7.73. The van der Waals surface area contributed by atoms with E-state index in [9.17, 15) is 14.7 Å². The number of likely N-dealkylation sites (tertiary alicyclic amines) is 1. The average Bonchev–Trinajstić information content (AvgIpc) is 3.62. The van der Waals surface area contributed by atoms with Gasteiger partial charge in [0.2, 0.25) is 0 Å². The molecule has 204 valence electrons. The van der Waals surface area contributed by atoms with E-state index in [0.29, 0.717) is 35.1 Å². The Hall–Kier alpha value is -3.10. The first-order valence-corrected chi connectivity index (χ1v) is 13.7. The molecule has 0 radical (unpaired) electrons. The van der Waals surface area contributed by atoms with Crippen LogP contribution in [0.1, 0.15) is 66.0 Å². The minimum atomic E-state index is -0.257. The first-order chi connectivity index (χ1) is 18.3. The Kier molecular flexibility index (Phi) is 7.38. The molecule has 1 unspecified atom stereocenters. The zero-order valence-electron chi connectivity index (χ0n) is 23.0. The number of pyridine rings is 1. The van der Waals surface area contributed by atoms with Gasteiger partial charge in [-0.15, -0.1) is 0 Å². The smallest absolute Gasteiger partial charge is 0.256 e. The van der Waals surface area contributed by atoms with Gasteiger partial charge in [0.05, 0.1) is 24.8 Å². The number of benzene rings is 1. The number of carbonyl (C=O) groups is 1. The van der Waals surface area contributed by atoms with Crippen LogP contribution in [0.4, 0.5) is 0 Å². The van der Waals surface area contributed by atoms with Crippen molar-refractivity contribution in [1.29, 1.82) is 0 Å².